The minimum absolute atomic E-state index is 0.0479. The number of ether oxygens (including phenoxy) is 2. The molecule has 0 unspecified atom stereocenters. The third kappa shape index (κ3) is 5.00. The topological polar surface area (TPSA) is 43.2 Å². The maximum atomic E-state index is 5.86. The molecule has 0 aromatic heterocycles. The van der Waals surface area contributed by atoms with Gasteiger partial charge in [0.15, 0.2) is 11.8 Å². The molecule has 2 aliphatic heterocycles. The van der Waals surface area contributed by atoms with Gasteiger partial charge in [-0.1, -0.05) is 90.1 Å². The summed E-state index contributed by atoms with van der Waals surface area (Å²) in [5.41, 5.74) is 5.34. The summed E-state index contributed by atoms with van der Waals surface area (Å²) in [6, 6.07) is 17.6. The molecule has 2 aliphatic rings. The lowest BCUT2D eigenvalue weighted by atomic mass is 9.86. The summed E-state index contributed by atoms with van der Waals surface area (Å²) in [5, 5.41) is 0. The van der Waals surface area contributed by atoms with E-state index in [2.05, 4.69) is 90.1 Å². The van der Waals surface area contributed by atoms with Crippen molar-refractivity contribution in [3.05, 3.63) is 70.8 Å². The van der Waals surface area contributed by atoms with Crippen molar-refractivity contribution in [2.45, 2.75) is 70.9 Å². The summed E-state index contributed by atoms with van der Waals surface area (Å²) < 4.78 is 11.7. The molecule has 2 heterocycles. The molecule has 2 aromatic rings. The Bertz CT molecular complexity index is 892. The van der Waals surface area contributed by atoms with E-state index in [1.54, 1.807) is 0 Å². The van der Waals surface area contributed by atoms with Crippen LogP contribution in [0.4, 0.5) is 0 Å². The molecule has 4 rings (SSSR count). The van der Waals surface area contributed by atoms with Gasteiger partial charge in [-0.3, -0.25) is 0 Å². The molecule has 0 amide bonds. The van der Waals surface area contributed by atoms with Crippen molar-refractivity contribution in [1.82, 2.24) is 0 Å². The second-order valence-corrected chi connectivity index (χ2v) is 10.6. The zero-order valence-electron chi connectivity index (χ0n) is 19.6. The van der Waals surface area contributed by atoms with E-state index in [0.717, 1.165) is 0 Å². The molecule has 0 radical (unpaired) electrons. The Balaban J connectivity index is 1.39. The number of hydrogen-bond donors (Lipinski definition) is 0. The van der Waals surface area contributed by atoms with Gasteiger partial charge in [-0.05, 0) is 33.1 Å². The molecule has 2 aromatic carbocycles. The summed E-state index contributed by atoms with van der Waals surface area (Å²) in [4.78, 5) is 9.57. The lowest BCUT2D eigenvalue weighted by molar-refractivity contribution is 0.300. The zero-order valence-corrected chi connectivity index (χ0v) is 19.6. The van der Waals surface area contributed by atoms with Crippen LogP contribution >= 0.6 is 0 Å². The van der Waals surface area contributed by atoms with Crippen LogP contribution in [-0.4, -0.2) is 25.0 Å². The monoisotopic (exact) mass is 418 g/mol. The van der Waals surface area contributed by atoms with Crippen molar-refractivity contribution in [2.24, 2.45) is 9.98 Å². The Morgan fingerprint density at radius 2 is 1.00 bits per heavy atom. The van der Waals surface area contributed by atoms with Crippen LogP contribution in [0, 0.1) is 0 Å². The molecule has 4 heteroatoms. The maximum absolute atomic E-state index is 5.86. The van der Waals surface area contributed by atoms with E-state index in [1.165, 1.54) is 22.3 Å². The van der Waals surface area contributed by atoms with Gasteiger partial charge in [0, 0.05) is 0 Å². The Hall–Kier alpha value is -2.62. The van der Waals surface area contributed by atoms with Gasteiger partial charge >= 0.3 is 0 Å². The molecule has 4 nitrogen and oxygen atoms in total. The predicted molar refractivity (Wildman–Crippen MR) is 127 cm³/mol. The van der Waals surface area contributed by atoms with Gasteiger partial charge in [-0.15, -0.1) is 0 Å². The first kappa shape index (κ1) is 21.6. The Kier molecular flexibility index (Phi) is 5.67. The lowest BCUT2D eigenvalue weighted by Crippen LogP contribution is -2.11. The minimum atomic E-state index is 0.0479. The summed E-state index contributed by atoms with van der Waals surface area (Å²) in [7, 11) is 0. The average Bonchev–Trinajstić information content (AvgIpc) is 3.37. The van der Waals surface area contributed by atoms with Crippen molar-refractivity contribution >= 4 is 11.8 Å². The molecule has 0 saturated heterocycles. The van der Waals surface area contributed by atoms with E-state index in [-0.39, 0.29) is 22.9 Å². The molecular formula is C27H34N2O2. The highest BCUT2D eigenvalue weighted by atomic mass is 16.5. The van der Waals surface area contributed by atoms with E-state index < -0.39 is 0 Å². The molecule has 0 N–H and O–H groups in total. The largest absolute Gasteiger partial charge is 0.478 e. The van der Waals surface area contributed by atoms with E-state index >= 15 is 0 Å². The molecule has 164 valence electrons. The van der Waals surface area contributed by atoms with Crippen LogP contribution < -0.4 is 0 Å². The molecule has 0 bridgehead atoms. The first-order valence-corrected chi connectivity index (χ1v) is 11.2. The van der Waals surface area contributed by atoms with Crippen LogP contribution in [0.25, 0.3) is 0 Å². The second kappa shape index (κ2) is 8.14. The van der Waals surface area contributed by atoms with Gasteiger partial charge in [0.1, 0.15) is 25.3 Å². The SMILES string of the molecule is CC(C)(C)c1ccc([C@H]2COC(CC3=N[C@@H](c4ccc(C(C)(C)C)cc4)CO3)=N2)cc1. The van der Waals surface area contributed by atoms with Crippen molar-refractivity contribution in [3.8, 4) is 0 Å². The quantitative estimate of drug-likeness (QED) is 0.584. The first-order valence-electron chi connectivity index (χ1n) is 11.2. The van der Waals surface area contributed by atoms with Crippen molar-refractivity contribution in [3.63, 3.8) is 0 Å². The van der Waals surface area contributed by atoms with E-state index in [4.69, 9.17) is 19.5 Å². The fourth-order valence-electron chi connectivity index (χ4n) is 3.92. The van der Waals surface area contributed by atoms with Crippen LogP contribution in [0.2, 0.25) is 0 Å². The second-order valence-electron chi connectivity index (χ2n) is 10.6. The summed E-state index contributed by atoms with van der Waals surface area (Å²) in [5.74, 6) is 1.43. The van der Waals surface area contributed by atoms with Gasteiger partial charge in [0.25, 0.3) is 0 Å². The fourth-order valence-corrected chi connectivity index (χ4v) is 3.92. The van der Waals surface area contributed by atoms with Gasteiger partial charge < -0.3 is 9.47 Å². The van der Waals surface area contributed by atoms with Crippen LogP contribution in [0.15, 0.2) is 58.5 Å². The van der Waals surface area contributed by atoms with Crippen molar-refractivity contribution in [2.75, 3.05) is 13.2 Å². The molecule has 0 aliphatic carbocycles. The zero-order chi connectivity index (χ0) is 22.2. The highest BCUT2D eigenvalue weighted by Gasteiger charge is 2.27. The summed E-state index contributed by atoms with van der Waals surface area (Å²) in [6.07, 6.45) is 0.521. The van der Waals surface area contributed by atoms with Crippen molar-refractivity contribution < 1.29 is 9.47 Å². The Morgan fingerprint density at radius 1 is 0.645 bits per heavy atom. The van der Waals surface area contributed by atoms with E-state index in [1.807, 2.05) is 0 Å². The third-order valence-corrected chi connectivity index (χ3v) is 6.04. The average molecular weight is 419 g/mol. The molecule has 0 saturated carbocycles. The molecule has 0 spiro atoms. The van der Waals surface area contributed by atoms with E-state index in [0.29, 0.717) is 31.4 Å². The molecule has 31 heavy (non-hydrogen) atoms. The standard InChI is InChI=1S/C27H34N2O2/c1-26(2,3)20-11-7-18(8-12-20)22-16-30-24(28-22)15-25-29-23(17-31-25)19-9-13-21(14-10-19)27(4,5)6/h7-14,22-23H,15-17H2,1-6H3/t22-,23-/m1/s1. The Morgan fingerprint density at radius 3 is 1.32 bits per heavy atom. The van der Waals surface area contributed by atoms with Gasteiger partial charge in [-0.2, -0.15) is 0 Å². The van der Waals surface area contributed by atoms with Crippen LogP contribution in [0.5, 0.6) is 0 Å². The van der Waals surface area contributed by atoms with E-state index in [9.17, 15) is 0 Å². The molecular weight excluding hydrogens is 384 g/mol. The predicted octanol–water partition coefficient (Wildman–Crippen LogP) is 6.31. The number of nitrogens with zero attached hydrogens (tertiary/aromatic N) is 2. The summed E-state index contributed by atoms with van der Waals surface area (Å²) >= 11 is 0. The highest BCUT2D eigenvalue weighted by Crippen LogP contribution is 2.30. The minimum Gasteiger partial charge on any atom is -0.478 e. The lowest BCUT2D eigenvalue weighted by Gasteiger charge is -2.19. The maximum Gasteiger partial charge on any atom is 0.193 e. The Labute approximate surface area is 186 Å². The van der Waals surface area contributed by atoms with Crippen molar-refractivity contribution in [1.29, 1.82) is 0 Å². The van der Waals surface area contributed by atoms with Crippen LogP contribution in [0.1, 0.15) is 82.3 Å². The fraction of sp³-hybridized carbons (Fsp3) is 0.481. The third-order valence-electron chi connectivity index (χ3n) is 6.04. The normalized spacial score (nSPS) is 21.4. The number of aliphatic imine (C=N–C) groups is 2. The first-order chi connectivity index (χ1) is 14.6. The van der Waals surface area contributed by atoms with Gasteiger partial charge in [-0.25, -0.2) is 9.98 Å². The van der Waals surface area contributed by atoms with Gasteiger partial charge in [0.2, 0.25) is 0 Å². The van der Waals surface area contributed by atoms with Gasteiger partial charge in [0.05, 0.1) is 6.42 Å². The molecule has 0 fully saturated rings. The highest BCUT2D eigenvalue weighted by molar-refractivity contribution is 5.98. The smallest absolute Gasteiger partial charge is 0.193 e. The molecule has 2 atom stereocenters. The number of hydrogen-bond acceptors (Lipinski definition) is 4. The summed E-state index contributed by atoms with van der Waals surface area (Å²) in [6.45, 7) is 14.5. The van der Waals surface area contributed by atoms with Crippen LogP contribution in [0.3, 0.4) is 0 Å². The number of rotatable bonds is 4. The van der Waals surface area contributed by atoms with Crippen LogP contribution in [-0.2, 0) is 20.3 Å². The number of benzene rings is 2.